The van der Waals surface area contributed by atoms with Gasteiger partial charge in [0.15, 0.2) is 0 Å². The number of nitrogens with one attached hydrogen (secondary N) is 5. The highest BCUT2D eigenvalue weighted by Crippen LogP contribution is 2.44. The van der Waals surface area contributed by atoms with Crippen molar-refractivity contribution in [3.05, 3.63) is 143 Å². The van der Waals surface area contributed by atoms with E-state index in [2.05, 4.69) is 63.0 Å². The zero-order valence-corrected chi connectivity index (χ0v) is 48.4. The van der Waals surface area contributed by atoms with Crippen molar-refractivity contribution < 1.29 is 47.8 Å². The van der Waals surface area contributed by atoms with Crippen LogP contribution in [0.15, 0.2) is 115 Å². The maximum atomic E-state index is 14.3. The molecule has 0 spiro atoms. The number of likely N-dealkylation sites (tertiary alicyclic amines) is 2. The highest BCUT2D eigenvalue weighted by atomic mass is 16.6. The fourth-order valence-corrected chi connectivity index (χ4v) is 11.9. The molecule has 0 bridgehead atoms. The molecule has 7 amide bonds. The second kappa shape index (κ2) is 28.1. The van der Waals surface area contributed by atoms with Gasteiger partial charge in [0.1, 0.15) is 12.1 Å². The number of unbranched alkanes of at least 4 members (excludes halogenated alkanes) is 9. The fourth-order valence-electron chi connectivity index (χ4n) is 11.9. The number of esters is 1. The summed E-state index contributed by atoms with van der Waals surface area (Å²) in [7, 11) is 0. The zero-order valence-electron chi connectivity index (χ0n) is 48.4. The molecule has 3 saturated carbocycles. The first-order chi connectivity index (χ1) is 40.1. The summed E-state index contributed by atoms with van der Waals surface area (Å²) in [6, 6.07) is 36.3. The summed E-state index contributed by atoms with van der Waals surface area (Å²) < 4.78 is 10.3. The summed E-state index contributed by atoms with van der Waals surface area (Å²) in [5.41, 5.74) is 3.44. The van der Waals surface area contributed by atoms with Crippen LogP contribution in [-0.4, -0.2) is 127 Å². The molecule has 17 heteroatoms. The number of hydrogen-bond donors (Lipinski definition) is 5. The number of rotatable bonds is 27. The number of hydrogen-bond acceptors (Lipinski definition) is 10. The van der Waals surface area contributed by atoms with Crippen molar-refractivity contribution in [3.63, 3.8) is 0 Å². The number of amides is 7. The molecule has 17 nitrogen and oxygen atoms in total. The number of carbonyl (C=O) groups is 8. The monoisotopic (exact) mass is 1130 g/mol. The summed E-state index contributed by atoms with van der Waals surface area (Å²) in [5, 5.41) is 15.1. The molecular formula is C66H83N7O10. The number of benzene rings is 4. The van der Waals surface area contributed by atoms with Gasteiger partial charge in [-0.25, -0.2) is 4.79 Å². The maximum absolute atomic E-state index is 14.3. The number of ether oxygens (including phenoxy) is 2. The van der Waals surface area contributed by atoms with Gasteiger partial charge in [-0.1, -0.05) is 142 Å². The summed E-state index contributed by atoms with van der Waals surface area (Å²) in [5.74, 6) is -4.58. The SMILES string of the molecule is CC(C)(C)OC(=O)NCC(=O)OCCCCCCCCCCCCNC(=O)C1CN(C(=O)c2ccc(C(=O)N3CC(C(=O)NC4CC4c4ccccc4)C(C(=O)NC4CC4c4ccccc4)C3)cc2)CC1C(=O)NC1CC1c1ccccc1. The molecule has 9 rings (SSSR count). The summed E-state index contributed by atoms with van der Waals surface area (Å²) >= 11 is 0. The normalized spacial score (nSPS) is 24.0. The average Bonchev–Trinajstić information content (AvgIpc) is 4.33. The Labute approximate surface area is 488 Å². The van der Waals surface area contributed by atoms with E-state index in [0.29, 0.717) is 24.3 Å². The average molecular weight is 1130 g/mol. The smallest absolute Gasteiger partial charge is 0.408 e. The van der Waals surface area contributed by atoms with E-state index in [4.69, 9.17) is 9.47 Å². The number of alkyl carbamates (subject to hydrolysis) is 1. The van der Waals surface area contributed by atoms with Gasteiger partial charge in [-0.05, 0) is 93.8 Å². The van der Waals surface area contributed by atoms with E-state index in [1.54, 1.807) is 54.8 Å². The van der Waals surface area contributed by atoms with E-state index in [-0.39, 0.29) is 104 Å². The second-order valence-electron chi connectivity index (χ2n) is 24.4. The Bertz CT molecular complexity index is 2810. The lowest BCUT2D eigenvalue weighted by atomic mass is 9.94. The molecule has 0 aromatic heterocycles. The minimum atomic E-state index is -0.751. The lowest BCUT2D eigenvalue weighted by Crippen LogP contribution is -2.43. The highest BCUT2D eigenvalue weighted by Gasteiger charge is 2.50. The van der Waals surface area contributed by atoms with Crippen LogP contribution in [0.5, 0.6) is 0 Å². The molecule has 442 valence electrons. The van der Waals surface area contributed by atoms with Gasteiger partial charge in [-0.2, -0.15) is 0 Å². The van der Waals surface area contributed by atoms with Crippen molar-refractivity contribution in [2.24, 2.45) is 23.7 Å². The first-order valence-corrected chi connectivity index (χ1v) is 30.2. The molecule has 4 aromatic carbocycles. The molecule has 10 atom stereocenters. The zero-order chi connectivity index (χ0) is 58.5. The Morgan fingerprint density at radius 2 is 0.795 bits per heavy atom. The van der Waals surface area contributed by atoms with Crippen molar-refractivity contribution in [2.45, 2.75) is 146 Å². The van der Waals surface area contributed by atoms with Crippen molar-refractivity contribution >= 4 is 47.5 Å². The lowest BCUT2D eigenvalue weighted by molar-refractivity contribution is -0.142. The topological polar surface area (TPSA) is 222 Å². The molecule has 0 radical (unpaired) electrons. The summed E-state index contributed by atoms with van der Waals surface area (Å²) in [6.07, 6.45) is 11.7. The molecule has 83 heavy (non-hydrogen) atoms. The van der Waals surface area contributed by atoms with E-state index in [1.165, 1.54) is 0 Å². The van der Waals surface area contributed by atoms with Gasteiger partial charge in [0.2, 0.25) is 23.6 Å². The fraction of sp³-hybridized carbons (Fsp3) is 0.515. The van der Waals surface area contributed by atoms with Gasteiger partial charge in [-0.3, -0.25) is 33.6 Å². The largest absolute Gasteiger partial charge is 0.464 e. The first kappa shape index (κ1) is 60.0. The van der Waals surface area contributed by atoms with Crippen LogP contribution in [0.4, 0.5) is 4.79 Å². The van der Waals surface area contributed by atoms with Crippen LogP contribution in [0.1, 0.15) is 159 Å². The molecule has 2 heterocycles. The quantitative estimate of drug-likeness (QED) is 0.0285. The van der Waals surface area contributed by atoms with Crippen molar-refractivity contribution in [3.8, 4) is 0 Å². The predicted octanol–water partition coefficient (Wildman–Crippen LogP) is 8.17. The van der Waals surface area contributed by atoms with Gasteiger partial charge >= 0.3 is 12.1 Å². The molecule has 4 aromatic rings. The minimum Gasteiger partial charge on any atom is -0.464 e. The second-order valence-corrected chi connectivity index (χ2v) is 24.4. The van der Waals surface area contributed by atoms with E-state index < -0.39 is 41.3 Å². The van der Waals surface area contributed by atoms with Crippen LogP contribution in [0.25, 0.3) is 0 Å². The molecular weight excluding hydrogens is 1050 g/mol. The Hall–Kier alpha value is -7.56. The molecule has 5 N–H and O–H groups in total. The molecule has 5 aliphatic rings. The molecule has 2 aliphatic heterocycles. The summed E-state index contributed by atoms with van der Waals surface area (Å²) in [6.45, 7) is 6.08. The number of nitrogens with zero attached hydrogens (tertiary/aromatic N) is 2. The molecule has 3 aliphatic carbocycles. The van der Waals surface area contributed by atoms with Gasteiger partial charge in [0.05, 0.1) is 30.3 Å². The summed E-state index contributed by atoms with van der Waals surface area (Å²) in [4.78, 5) is 111. The van der Waals surface area contributed by atoms with Crippen molar-refractivity contribution in [2.75, 3.05) is 45.9 Å². The van der Waals surface area contributed by atoms with Gasteiger partial charge in [-0.15, -0.1) is 0 Å². The third-order valence-corrected chi connectivity index (χ3v) is 16.9. The van der Waals surface area contributed by atoms with Crippen LogP contribution in [0, 0.1) is 23.7 Å². The first-order valence-electron chi connectivity index (χ1n) is 30.2. The van der Waals surface area contributed by atoms with Crippen molar-refractivity contribution in [1.82, 2.24) is 36.4 Å². The van der Waals surface area contributed by atoms with Crippen molar-refractivity contribution in [1.29, 1.82) is 0 Å². The lowest BCUT2D eigenvalue weighted by Gasteiger charge is -2.19. The van der Waals surface area contributed by atoms with Gasteiger partial charge in [0, 0.05) is 79.7 Å². The molecule has 2 saturated heterocycles. The predicted molar refractivity (Wildman–Crippen MR) is 314 cm³/mol. The minimum absolute atomic E-state index is 0.0459. The van der Waals surface area contributed by atoms with E-state index >= 15 is 0 Å². The van der Waals surface area contributed by atoms with E-state index in [9.17, 15) is 38.4 Å². The standard InChI is InChI=1S/C66H83N7O10/c1-66(2,3)83-65(81)68-38-58(74)82-34-22-11-9-7-5-4-6-8-10-21-33-67-59(75)51-39-72(40-52(51)60(76)69-55-35-48(55)43-23-15-12-16-24-43)63(79)46-29-31-47(32-30-46)64(80)73-41-53(61(77)70-56-36-49(56)44-25-17-13-18-26-44)54(42-73)62(78)71-57-37-50(57)45-27-19-14-20-28-45/h12-20,23-32,48-57H,4-11,21-22,33-42H2,1-3H3,(H,67,75)(H,68,81)(H,69,76)(H,70,77)(H,71,78). The van der Waals surface area contributed by atoms with Crippen LogP contribution in [0.3, 0.4) is 0 Å². The molecule has 10 unspecified atom stereocenters. The van der Waals surface area contributed by atoms with Crippen LogP contribution >= 0.6 is 0 Å². The Kier molecular flexibility index (Phi) is 20.4. The van der Waals surface area contributed by atoms with Crippen LogP contribution in [0.2, 0.25) is 0 Å². The van der Waals surface area contributed by atoms with Gasteiger partial charge in [0.25, 0.3) is 11.8 Å². The van der Waals surface area contributed by atoms with E-state index in [1.807, 2.05) is 54.6 Å². The van der Waals surface area contributed by atoms with Crippen LogP contribution < -0.4 is 26.6 Å². The van der Waals surface area contributed by atoms with E-state index in [0.717, 1.165) is 100 Å². The Morgan fingerprint density at radius 1 is 0.446 bits per heavy atom. The highest BCUT2D eigenvalue weighted by molar-refractivity contribution is 6.00. The molecule has 5 fully saturated rings. The third-order valence-electron chi connectivity index (χ3n) is 16.9. The maximum Gasteiger partial charge on any atom is 0.408 e. The number of carbonyl (C=O) groups excluding carboxylic acids is 8. The Balaban J connectivity index is 0.736. The van der Waals surface area contributed by atoms with Crippen LogP contribution in [-0.2, 0) is 33.4 Å². The van der Waals surface area contributed by atoms with Gasteiger partial charge < -0.3 is 45.9 Å². The third kappa shape index (κ3) is 17.0. The Morgan fingerprint density at radius 3 is 1.17 bits per heavy atom.